The maximum atomic E-state index is 10.7. The monoisotopic (exact) mass is 234 g/mol. The predicted molar refractivity (Wildman–Crippen MR) is 65.1 cm³/mol. The standard InChI is InChI=1S/C12H14N2O3/c1-17-12-8-10(14(15)16)2-3-11(12)9-4-6-13-7-5-9/h2-4,8,13H,5-7H2,1H3. The number of ether oxygens (including phenoxy) is 1. The minimum atomic E-state index is -0.414. The molecule has 1 aromatic carbocycles. The Hall–Kier alpha value is -1.88. The molecular formula is C12H14N2O3. The predicted octanol–water partition coefficient (Wildman–Crippen LogP) is 1.98. The van der Waals surface area contributed by atoms with E-state index in [2.05, 4.69) is 11.4 Å². The Morgan fingerprint density at radius 1 is 1.47 bits per heavy atom. The molecule has 1 aliphatic rings. The lowest BCUT2D eigenvalue weighted by Gasteiger charge is -2.16. The highest BCUT2D eigenvalue weighted by Gasteiger charge is 2.15. The van der Waals surface area contributed by atoms with E-state index in [-0.39, 0.29) is 5.69 Å². The highest BCUT2D eigenvalue weighted by Crippen LogP contribution is 2.32. The van der Waals surface area contributed by atoms with E-state index in [1.807, 2.05) is 0 Å². The molecule has 0 saturated carbocycles. The quantitative estimate of drug-likeness (QED) is 0.641. The van der Waals surface area contributed by atoms with Crippen molar-refractivity contribution in [1.82, 2.24) is 5.32 Å². The molecule has 5 nitrogen and oxygen atoms in total. The number of benzene rings is 1. The van der Waals surface area contributed by atoms with Crippen LogP contribution >= 0.6 is 0 Å². The van der Waals surface area contributed by atoms with Crippen molar-refractivity contribution in [3.05, 3.63) is 40.0 Å². The van der Waals surface area contributed by atoms with Crippen LogP contribution in [0.5, 0.6) is 5.75 Å². The SMILES string of the molecule is COc1cc([N+](=O)[O-])ccc1C1=CCNCC1. The smallest absolute Gasteiger partial charge is 0.273 e. The van der Waals surface area contributed by atoms with E-state index in [9.17, 15) is 10.1 Å². The molecule has 0 atom stereocenters. The molecule has 1 aromatic rings. The summed E-state index contributed by atoms with van der Waals surface area (Å²) in [6.07, 6.45) is 3.00. The van der Waals surface area contributed by atoms with Crippen LogP contribution in [0.25, 0.3) is 5.57 Å². The lowest BCUT2D eigenvalue weighted by molar-refractivity contribution is -0.384. The number of hydrogen-bond acceptors (Lipinski definition) is 4. The van der Waals surface area contributed by atoms with Crippen LogP contribution in [-0.2, 0) is 0 Å². The number of nitrogens with zero attached hydrogens (tertiary/aromatic N) is 1. The Bertz CT molecular complexity index is 469. The van der Waals surface area contributed by atoms with Crippen LogP contribution in [0.3, 0.4) is 0 Å². The number of methoxy groups -OCH3 is 1. The molecule has 0 bridgehead atoms. The average molecular weight is 234 g/mol. The second-order valence-corrected chi connectivity index (χ2v) is 3.83. The summed E-state index contributed by atoms with van der Waals surface area (Å²) < 4.78 is 5.22. The number of nitro groups is 1. The van der Waals surface area contributed by atoms with E-state index in [1.54, 1.807) is 6.07 Å². The van der Waals surface area contributed by atoms with Gasteiger partial charge in [0.2, 0.25) is 0 Å². The summed E-state index contributed by atoms with van der Waals surface area (Å²) in [5.41, 5.74) is 2.18. The van der Waals surface area contributed by atoms with E-state index in [1.165, 1.54) is 24.8 Å². The van der Waals surface area contributed by atoms with Crippen LogP contribution in [0.15, 0.2) is 24.3 Å². The summed E-state index contributed by atoms with van der Waals surface area (Å²) in [6.45, 7) is 1.75. The van der Waals surface area contributed by atoms with Crippen LogP contribution in [-0.4, -0.2) is 25.1 Å². The summed E-state index contributed by atoms with van der Waals surface area (Å²) >= 11 is 0. The molecule has 0 saturated heterocycles. The van der Waals surface area contributed by atoms with Gasteiger partial charge in [0.15, 0.2) is 0 Å². The molecule has 1 aliphatic heterocycles. The van der Waals surface area contributed by atoms with E-state index < -0.39 is 4.92 Å². The van der Waals surface area contributed by atoms with Crippen LogP contribution in [0.1, 0.15) is 12.0 Å². The van der Waals surface area contributed by atoms with Gasteiger partial charge in [0.05, 0.1) is 18.1 Å². The second-order valence-electron chi connectivity index (χ2n) is 3.83. The minimum Gasteiger partial charge on any atom is -0.496 e. The summed E-state index contributed by atoms with van der Waals surface area (Å²) in [7, 11) is 1.53. The van der Waals surface area contributed by atoms with Gasteiger partial charge in [-0.3, -0.25) is 10.1 Å². The van der Waals surface area contributed by atoms with Crippen molar-refractivity contribution in [2.45, 2.75) is 6.42 Å². The van der Waals surface area contributed by atoms with Gasteiger partial charge >= 0.3 is 0 Å². The summed E-state index contributed by atoms with van der Waals surface area (Å²) in [5, 5.41) is 13.9. The van der Waals surface area contributed by atoms with E-state index >= 15 is 0 Å². The molecule has 1 N–H and O–H groups in total. The lowest BCUT2D eigenvalue weighted by atomic mass is 9.99. The Kier molecular flexibility index (Phi) is 3.39. The first-order valence-corrected chi connectivity index (χ1v) is 5.45. The van der Waals surface area contributed by atoms with E-state index in [0.29, 0.717) is 5.75 Å². The Morgan fingerprint density at radius 3 is 2.88 bits per heavy atom. The number of nitro benzene ring substituents is 1. The van der Waals surface area contributed by atoms with Crippen LogP contribution in [0.2, 0.25) is 0 Å². The van der Waals surface area contributed by atoms with E-state index in [4.69, 9.17) is 4.74 Å². The fourth-order valence-corrected chi connectivity index (χ4v) is 1.93. The van der Waals surface area contributed by atoms with Crippen molar-refractivity contribution in [2.24, 2.45) is 0 Å². The fraction of sp³-hybridized carbons (Fsp3) is 0.333. The zero-order chi connectivity index (χ0) is 12.3. The molecule has 0 radical (unpaired) electrons. The molecule has 1 heterocycles. The van der Waals surface area contributed by atoms with Crippen LogP contribution in [0, 0.1) is 10.1 Å². The maximum Gasteiger partial charge on any atom is 0.273 e. The largest absolute Gasteiger partial charge is 0.496 e. The minimum absolute atomic E-state index is 0.0557. The van der Waals surface area contributed by atoms with Gasteiger partial charge in [-0.15, -0.1) is 0 Å². The highest BCUT2D eigenvalue weighted by atomic mass is 16.6. The molecule has 0 fully saturated rings. The van der Waals surface area contributed by atoms with Crippen molar-refractivity contribution in [3.8, 4) is 5.75 Å². The second kappa shape index (κ2) is 4.97. The normalized spacial score (nSPS) is 15.2. The first kappa shape index (κ1) is 11.6. The molecular weight excluding hydrogens is 220 g/mol. The van der Waals surface area contributed by atoms with Crippen molar-refractivity contribution in [1.29, 1.82) is 0 Å². The first-order valence-electron chi connectivity index (χ1n) is 5.45. The van der Waals surface area contributed by atoms with Gasteiger partial charge in [-0.2, -0.15) is 0 Å². The van der Waals surface area contributed by atoms with E-state index in [0.717, 1.165) is 25.1 Å². The number of non-ortho nitro benzene ring substituents is 1. The number of nitrogens with one attached hydrogen (secondary N) is 1. The lowest BCUT2D eigenvalue weighted by Crippen LogP contribution is -2.20. The van der Waals surface area contributed by atoms with Crippen LogP contribution in [0.4, 0.5) is 5.69 Å². The number of hydrogen-bond donors (Lipinski definition) is 1. The molecule has 0 aromatic heterocycles. The zero-order valence-corrected chi connectivity index (χ0v) is 9.60. The van der Waals surface area contributed by atoms with Crippen molar-refractivity contribution in [2.75, 3.05) is 20.2 Å². The third kappa shape index (κ3) is 2.45. The van der Waals surface area contributed by atoms with Gasteiger partial charge < -0.3 is 10.1 Å². The van der Waals surface area contributed by atoms with Gasteiger partial charge in [0.1, 0.15) is 5.75 Å². The Balaban J connectivity index is 2.40. The maximum absolute atomic E-state index is 10.7. The summed E-state index contributed by atoms with van der Waals surface area (Å²) in [6, 6.07) is 4.74. The Labute approximate surface area is 99.2 Å². The van der Waals surface area contributed by atoms with Crippen molar-refractivity contribution < 1.29 is 9.66 Å². The van der Waals surface area contributed by atoms with Crippen molar-refractivity contribution >= 4 is 11.3 Å². The van der Waals surface area contributed by atoms with Gasteiger partial charge in [-0.1, -0.05) is 6.08 Å². The van der Waals surface area contributed by atoms with Gasteiger partial charge in [-0.05, 0) is 24.6 Å². The van der Waals surface area contributed by atoms with Gasteiger partial charge in [-0.25, -0.2) is 0 Å². The average Bonchev–Trinajstić information content (AvgIpc) is 2.39. The molecule has 0 amide bonds. The van der Waals surface area contributed by atoms with Crippen LogP contribution < -0.4 is 10.1 Å². The molecule has 5 heteroatoms. The molecule has 0 aliphatic carbocycles. The summed E-state index contributed by atoms with van der Waals surface area (Å²) in [5.74, 6) is 0.562. The highest BCUT2D eigenvalue weighted by molar-refractivity contribution is 5.72. The zero-order valence-electron chi connectivity index (χ0n) is 9.60. The first-order chi connectivity index (χ1) is 8.22. The Morgan fingerprint density at radius 2 is 2.29 bits per heavy atom. The number of rotatable bonds is 3. The molecule has 0 spiro atoms. The van der Waals surface area contributed by atoms with Gasteiger partial charge in [0.25, 0.3) is 5.69 Å². The fourth-order valence-electron chi connectivity index (χ4n) is 1.93. The molecule has 0 unspecified atom stereocenters. The topological polar surface area (TPSA) is 64.4 Å². The van der Waals surface area contributed by atoms with Gasteiger partial charge in [0, 0.05) is 18.2 Å². The summed E-state index contributed by atoms with van der Waals surface area (Å²) in [4.78, 5) is 10.3. The third-order valence-corrected chi connectivity index (χ3v) is 2.81. The molecule has 90 valence electrons. The van der Waals surface area contributed by atoms with Crippen molar-refractivity contribution in [3.63, 3.8) is 0 Å². The third-order valence-electron chi connectivity index (χ3n) is 2.81. The molecule has 17 heavy (non-hydrogen) atoms. The molecule has 2 rings (SSSR count).